The third-order valence-electron chi connectivity index (χ3n) is 3.69. The number of nitrogens with one attached hydrogen (secondary N) is 1. The topological polar surface area (TPSA) is 81.0 Å². The van der Waals surface area contributed by atoms with Gasteiger partial charge in [0.15, 0.2) is 6.61 Å². The summed E-state index contributed by atoms with van der Waals surface area (Å²) >= 11 is 3.40. The van der Waals surface area contributed by atoms with Gasteiger partial charge in [-0.2, -0.15) is 4.98 Å². The van der Waals surface area contributed by atoms with Crippen LogP contribution in [0, 0.1) is 0 Å². The number of aromatic amines is 1. The highest BCUT2D eigenvalue weighted by Gasteiger charge is 2.15. The van der Waals surface area contributed by atoms with E-state index in [-0.39, 0.29) is 12.5 Å². The van der Waals surface area contributed by atoms with Crippen molar-refractivity contribution in [1.29, 1.82) is 0 Å². The monoisotopic (exact) mass is 397 g/mol. The van der Waals surface area contributed by atoms with Crippen LogP contribution in [0.1, 0.15) is 16.2 Å². The van der Waals surface area contributed by atoms with Crippen molar-refractivity contribution in [3.05, 3.63) is 70.7 Å². The molecule has 2 heterocycles. The number of fused-ring (bicyclic) bond motifs is 1. The molecule has 0 radical (unpaired) electrons. The van der Waals surface area contributed by atoms with Gasteiger partial charge in [-0.25, -0.2) is 4.79 Å². The molecule has 0 aliphatic carbocycles. The number of H-pyrrole nitrogens is 1. The first kappa shape index (κ1) is 15.6. The van der Waals surface area contributed by atoms with Crippen molar-refractivity contribution in [2.75, 3.05) is 0 Å². The Morgan fingerprint density at radius 1 is 1.20 bits per heavy atom. The molecule has 0 spiro atoms. The van der Waals surface area contributed by atoms with Crippen molar-refractivity contribution in [3.8, 4) is 11.4 Å². The highest BCUT2D eigenvalue weighted by Crippen LogP contribution is 2.21. The maximum Gasteiger partial charge on any atom is 0.340 e. The van der Waals surface area contributed by atoms with Crippen LogP contribution in [0.15, 0.2) is 63.7 Å². The molecular formula is C18H12BrN3O3. The molecular weight excluding hydrogens is 386 g/mol. The zero-order valence-electron chi connectivity index (χ0n) is 12.9. The Morgan fingerprint density at radius 3 is 2.96 bits per heavy atom. The summed E-state index contributed by atoms with van der Waals surface area (Å²) in [5.74, 6) is 0.238. The summed E-state index contributed by atoms with van der Waals surface area (Å²) in [6.07, 6.45) is 1.63. The highest BCUT2D eigenvalue weighted by molar-refractivity contribution is 9.10. The number of halogens is 1. The Balaban J connectivity index is 1.47. The van der Waals surface area contributed by atoms with Crippen molar-refractivity contribution in [2.24, 2.45) is 0 Å². The van der Waals surface area contributed by atoms with E-state index in [1.165, 1.54) is 0 Å². The number of carbonyl (C=O) groups is 1. The number of hydrogen-bond donors (Lipinski definition) is 1. The van der Waals surface area contributed by atoms with Crippen LogP contribution in [0.2, 0.25) is 0 Å². The van der Waals surface area contributed by atoms with Crippen LogP contribution in [-0.2, 0) is 11.3 Å². The highest BCUT2D eigenvalue weighted by atomic mass is 79.9. The first-order valence-electron chi connectivity index (χ1n) is 7.52. The van der Waals surface area contributed by atoms with Crippen molar-refractivity contribution < 1.29 is 14.1 Å². The molecule has 0 fully saturated rings. The van der Waals surface area contributed by atoms with Crippen molar-refractivity contribution in [1.82, 2.24) is 15.1 Å². The molecule has 0 bridgehead atoms. The first-order chi connectivity index (χ1) is 12.2. The number of hydrogen-bond acceptors (Lipinski definition) is 5. The predicted molar refractivity (Wildman–Crippen MR) is 94.9 cm³/mol. The van der Waals surface area contributed by atoms with Crippen LogP contribution in [0.3, 0.4) is 0 Å². The van der Waals surface area contributed by atoms with Crippen LogP contribution in [0.4, 0.5) is 0 Å². The second kappa shape index (κ2) is 6.52. The number of para-hydroxylation sites is 1. The number of rotatable bonds is 4. The lowest BCUT2D eigenvalue weighted by molar-refractivity contribution is 0.0432. The van der Waals surface area contributed by atoms with Crippen LogP contribution in [-0.4, -0.2) is 21.1 Å². The number of esters is 1. The molecule has 25 heavy (non-hydrogen) atoms. The van der Waals surface area contributed by atoms with E-state index in [1.807, 2.05) is 48.5 Å². The van der Waals surface area contributed by atoms with Crippen molar-refractivity contribution in [3.63, 3.8) is 0 Å². The molecule has 1 N–H and O–H groups in total. The standard InChI is InChI=1S/C18H12BrN3O3/c19-12-5-3-4-11(8-12)17-21-16(25-22-17)10-24-18(23)14-9-20-15-7-2-1-6-13(14)15/h1-9,20H,10H2. The van der Waals surface area contributed by atoms with Gasteiger partial charge in [-0.05, 0) is 18.2 Å². The fourth-order valence-electron chi connectivity index (χ4n) is 2.50. The van der Waals surface area contributed by atoms with E-state index >= 15 is 0 Å². The van der Waals surface area contributed by atoms with Gasteiger partial charge in [0.1, 0.15) is 0 Å². The SMILES string of the molecule is O=C(OCc1nc(-c2cccc(Br)c2)no1)c1c[nH]c2ccccc12. The van der Waals surface area contributed by atoms with Crippen molar-refractivity contribution >= 4 is 32.8 Å². The first-order valence-corrected chi connectivity index (χ1v) is 8.32. The third kappa shape index (κ3) is 3.18. The van der Waals surface area contributed by atoms with E-state index in [0.29, 0.717) is 11.4 Å². The zero-order valence-corrected chi connectivity index (χ0v) is 14.5. The average molecular weight is 398 g/mol. The normalized spacial score (nSPS) is 10.9. The van der Waals surface area contributed by atoms with Gasteiger partial charge in [-0.3, -0.25) is 0 Å². The molecule has 0 saturated heterocycles. The maximum atomic E-state index is 12.3. The Bertz CT molecular complexity index is 1050. The van der Waals surface area contributed by atoms with E-state index in [0.717, 1.165) is 20.9 Å². The zero-order chi connectivity index (χ0) is 17.2. The molecule has 124 valence electrons. The molecule has 2 aromatic heterocycles. The maximum absolute atomic E-state index is 12.3. The fraction of sp³-hybridized carbons (Fsp3) is 0.0556. The summed E-state index contributed by atoms with van der Waals surface area (Å²) in [6.45, 7) is -0.0840. The minimum Gasteiger partial charge on any atom is -0.452 e. The second-order valence-electron chi connectivity index (χ2n) is 5.35. The molecule has 0 atom stereocenters. The lowest BCUT2D eigenvalue weighted by atomic mass is 10.2. The van der Waals surface area contributed by atoms with Crippen LogP contribution >= 0.6 is 15.9 Å². The Labute approximate surface area is 150 Å². The Hall–Kier alpha value is -2.93. The molecule has 4 rings (SSSR count). The van der Waals surface area contributed by atoms with Crippen LogP contribution in [0.25, 0.3) is 22.3 Å². The fourth-order valence-corrected chi connectivity index (χ4v) is 2.90. The lowest BCUT2D eigenvalue weighted by Gasteiger charge is -2.00. The largest absolute Gasteiger partial charge is 0.452 e. The predicted octanol–water partition coefficient (Wildman–Crippen LogP) is 4.34. The van der Waals surface area contributed by atoms with Gasteiger partial charge in [0, 0.05) is 27.1 Å². The van der Waals surface area contributed by atoms with Gasteiger partial charge >= 0.3 is 5.97 Å². The molecule has 0 unspecified atom stereocenters. The van der Waals surface area contributed by atoms with Gasteiger partial charge in [-0.1, -0.05) is 51.4 Å². The molecule has 0 aliphatic rings. The van der Waals surface area contributed by atoms with E-state index in [9.17, 15) is 4.79 Å². The Kier molecular flexibility index (Phi) is 4.07. The van der Waals surface area contributed by atoms with Gasteiger partial charge in [0.25, 0.3) is 5.89 Å². The summed E-state index contributed by atoms with van der Waals surface area (Å²) in [4.78, 5) is 19.6. The quantitative estimate of drug-likeness (QED) is 0.518. The number of nitrogens with zero attached hydrogens (tertiary/aromatic N) is 2. The minimum atomic E-state index is -0.445. The van der Waals surface area contributed by atoms with Gasteiger partial charge < -0.3 is 14.2 Å². The van der Waals surface area contributed by atoms with E-state index in [1.54, 1.807) is 6.20 Å². The Morgan fingerprint density at radius 2 is 2.08 bits per heavy atom. The summed E-state index contributed by atoms with van der Waals surface area (Å²) in [7, 11) is 0. The van der Waals surface area contributed by atoms with E-state index in [4.69, 9.17) is 9.26 Å². The number of aromatic nitrogens is 3. The van der Waals surface area contributed by atoms with E-state index < -0.39 is 5.97 Å². The second-order valence-corrected chi connectivity index (χ2v) is 6.26. The third-order valence-corrected chi connectivity index (χ3v) is 4.18. The molecule has 0 aliphatic heterocycles. The smallest absolute Gasteiger partial charge is 0.340 e. The van der Waals surface area contributed by atoms with Crippen LogP contribution < -0.4 is 0 Å². The lowest BCUT2D eigenvalue weighted by Crippen LogP contribution is -2.04. The summed E-state index contributed by atoms with van der Waals surface area (Å²) in [5.41, 5.74) is 2.17. The molecule has 0 saturated carbocycles. The molecule has 6 nitrogen and oxygen atoms in total. The minimum absolute atomic E-state index is 0.0840. The summed E-state index contributed by atoms with van der Waals surface area (Å²) in [5, 5.41) is 4.73. The summed E-state index contributed by atoms with van der Waals surface area (Å²) in [6, 6.07) is 15.1. The van der Waals surface area contributed by atoms with E-state index in [2.05, 4.69) is 31.1 Å². The van der Waals surface area contributed by atoms with Gasteiger partial charge in [0.05, 0.1) is 5.56 Å². The molecule has 7 heteroatoms. The van der Waals surface area contributed by atoms with Gasteiger partial charge in [-0.15, -0.1) is 0 Å². The average Bonchev–Trinajstić information content (AvgIpc) is 3.27. The molecule has 2 aromatic carbocycles. The van der Waals surface area contributed by atoms with Gasteiger partial charge in [0.2, 0.25) is 5.82 Å². The molecule has 4 aromatic rings. The number of ether oxygens (including phenoxy) is 1. The van der Waals surface area contributed by atoms with Crippen LogP contribution in [0.5, 0.6) is 0 Å². The number of benzene rings is 2. The number of carbonyl (C=O) groups excluding carboxylic acids is 1. The molecule has 0 amide bonds. The van der Waals surface area contributed by atoms with Crippen molar-refractivity contribution in [2.45, 2.75) is 6.61 Å². The summed E-state index contributed by atoms with van der Waals surface area (Å²) < 4.78 is 11.4.